The summed E-state index contributed by atoms with van der Waals surface area (Å²) in [6, 6.07) is 14.4. The van der Waals surface area contributed by atoms with E-state index in [9.17, 15) is 9.59 Å². The molecular formula is C22H24BrClN2O3. The van der Waals surface area contributed by atoms with E-state index < -0.39 is 5.60 Å². The lowest BCUT2D eigenvalue weighted by Gasteiger charge is -2.42. The van der Waals surface area contributed by atoms with Crippen LogP contribution in [-0.2, 0) is 4.74 Å². The van der Waals surface area contributed by atoms with Gasteiger partial charge in [-0.05, 0) is 62.7 Å². The molecule has 0 aromatic heterocycles. The second-order valence-corrected chi connectivity index (χ2v) is 9.35. The normalized spacial score (nSPS) is 17.2. The number of carbonyl (C=O) groups excluding carboxylic acids is 2. The summed E-state index contributed by atoms with van der Waals surface area (Å²) in [6.45, 7) is 6.72. The first kappa shape index (κ1) is 21.7. The van der Waals surface area contributed by atoms with E-state index in [2.05, 4.69) is 15.9 Å². The van der Waals surface area contributed by atoms with Gasteiger partial charge < -0.3 is 14.5 Å². The van der Waals surface area contributed by atoms with Crippen LogP contribution in [0.3, 0.4) is 0 Å². The monoisotopic (exact) mass is 478 g/mol. The maximum Gasteiger partial charge on any atom is 0.410 e. The van der Waals surface area contributed by atoms with Crippen LogP contribution in [0.15, 0.2) is 53.0 Å². The molecule has 1 saturated heterocycles. The lowest BCUT2D eigenvalue weighted by molar-refractivity contribution is 0.00408. The van der Waals surface area contributed by atoms with Crippen LogP contribution in [0.2, 0.25) is 5.02 Å². The highest BCUT2D eigenvalue weighted by Gasteiger charge is 2.35. The Kier molecular flexibility index (Phi) is 6.54. The molecule has 0 spiro atoms. The van der Waals surface area contributed by atoms with Crippen molar-refractivity contribution in [2.45, 2.75) is 32.4 Å². The van der Waals surface area contributed by atoms with E-state index in [-0.39, 0.29) is 18.0 Å². The van der Waals surface area contributed by atoms with Crippen molar-refractivity contribution in [2.24, 2.45) is 0 Å². The predicted octanol–water partition coefficient (Wildman–Crippen LogP) is 5.54. The molecule has 2 amide bonds. The Labute approximate surface area is 184 Å². The summed E-state index contributed by atoms with van der Waals surface area (Å²) in [7, 11) is 0. The third kappa shape index (κ3) is 5.52. The average Bonchev–Trinajstić information content (AvgIpc) is 2.67. The van der Waals surface area contributed by atoms with Gasteiger partial charge in [0.05, 0.1) is 6.04 Å². The molecular weight excluding hydrogens is 456 g/mol. The molecule has 1 fully saturated rings. The molecule has 1 atom stereocenters. The van der Waals surface area contributed by atoms with Gasteiger partial charge in [-0.25, -0.2) is 4.79 Å². The fraction of sp³-hybridized carbons (Fsp3) is 0.364. The van der Waals surface area contributed by atoms with E-state index in [1.54, 1.807) is 29.2 Å². The molecule has 0 bridgehead atoms. The van der Waals surface area contributed by atoms with Crippen LogP contribution in [-0.4, -0.2) is 47.0 Å². The number of nitrogens with zero attached hydrogens (tertiary/aromatic N) is 2. The van der Waals surface area contributed by atoms with E-state index in [0.717, 1.165) is 10.0 Å². The summed E-state index contributed by atoms with van der Waals surface area (Å²) in [5.74, 6) is -0.0683. The number of halogens is 2. The summed E-state index contributed by atoms with van der Waals surface area (Å²) in [4.78, 5) is 29.3. The number of piperazine rings is 1. The predicted molar refractivity (Wildman–Crippen MR) is 117 cm³/mol. The van der Waals surface area contributed by atoms with Crippen LogP contribution in [0.1, 0.15) is 42.7 Å². The van der Waals surface area contributed by atoms with Gasteiger partial charge in [-0.1, -0.05) is 39.7 Å². The molecule has 0 saturated carbocycles. The zero-order chi connectivity index (χ0) is 21.2. The van der Waals surface area contributed by atoms with Crippen molar-refractivity contribution >= 4 is 39.5 Å². The standard InChI is InChI=1S/C22H24BrClN2O3/c1-22(2,3)29-21(28)25-12-13-26(20(27)16-4-8-17(23)9-5-16)19(14-25)15-6-10-18(24)11-7-15/h4-11,19H,12-14H2,1-3H3/t19-/m1/s1. The van der Waals surface area contributed by atoms with Gasteiger partial charge in [-0.15, -0.1) is 0 Å². The molecule has 2 aromatic rings. The third-order valence-corrected chi connectivity index (χ3v) is 5.42. The number of amides is 2. The minimum atomic E-state index is -0.572. The van der Waals surface area contributed by atoms with E-state index in [4.69, 9.17) is 16.3 Å². The first-order valence-corrected chi connectivity index (χ1v) is 10.6. The molecule has 5 nitrogen and oxygen atoms in total. The Hall–Kier alpha value is -2.05. The molecule has 1 heterocycles. The first-order valence-electron chi connectivity index (χ1n) is 9.44. The van der Waals surface area contributed by atoms with Crippen LogP contribution in [0, 0.1) is 0 Å². The van der Waals surface area contributed by atoms with E-state index >= 15 is 0 Å². The maximum atomic E-state index is 13.2. The fourth-order valence-corrected chi connectivity index (χ4v) is 3.64. The van der Waals surface area contributed by atoms with Crippen LogP contribution >= 0.6 is 27.5 Å². The summed E-state index contributed by atoms with van der Waals surface area (Å²) in [6.07, 6.45) is -0.368. The van der Waals surface area contributed by atoms with Gasteiger partial charge in [-0.3, -0.25) is 4.79 Å². The van der Waals surface area contributed by atoms with E-state index in [1.807, 2.05) is 49.9 Å². The number of ether oxygens (including phenoxy) is 1. The van der Waals surface area contributed by atoms with Gasteiger partial charge in [0.2, 0.25) is 0 Å². The first-order chi connectivity index (χ1) is 13.6. The van der Waals surface area contributed by atoms with Gasteiger partial charge in [0, 0.05) is 34.7 Å². The summed E-state index contributed by atoms with van der Waals surface area (Å²) in [5, 5.41) is 0.624. The highest BCUT2D eigenvalue weighted by Crippen LogP contribution is 2.29. The quantitative estimate of drug-likeness (QED) is 0.568. The number of rotatable bonds is 2. The Balaban J connectivity index is 1.87. The van der Waals surface area contributed by atoms with E-state index in [1.165, 1.54) is 0 Å². The van der Waals surface area contributed by atoms with Gasteiger partial charge in [0.15, 0.2) is 0 Å². The van der Waals surface area contributed by atoms with Gasteiger partial charge in [0.25, 0.3) is 5.91 Å². The Morgan fingerprint density at radius 1 is 1.03 bits per heavy atom. The largest absolute Gasteiger partial charge is 0.444 e. The van der Waals surface area contributed by atoms with E-state index in [0.29, 0.717) is 30.2 Å². The van der Waals surface area contributed by atoms with Crippen LogP contribution in [0.4, 0.5) is 4.79 Å². The molecule has 29 heavy (non-hydrogen) atoms. The SMILES string of the molecule is CC(C)(C)OC(=O)N1CCN(C(=O)c2ccc(Br)cc2)[C@@H](c2ccc(Cl)cc2)C1. The van der Waals surface area contributed by atoms with Gasteiger partial charge in [0.1, 0.15) is 5.60 Å². The third-order valence-electron chi connectivity index (χ3n) is 4.64. The van der Waals surface area contributed by atoms with Crippen molar-refractivity contribution in [3.05, 3.63) is 69.2 Å². The molecule has 3 rings (SSSR count). The van der Waals surface area contributed by atoms with Gasteiger partial charge >= 0.3 is 6.09 Å². The Morgan fingerprint density at radius 3 is 2.24 bits per heavy atom. The van der Waals surface area contributed by atoms with Crippen molar-refractivity contribution in [1.82, 2.24) is 9.80 Å². The minimum Gasteiger partial charge on any atom is -0.444 e. The second-order valence-electron chi connectivity index (χ2n) is 8.00. The zero-order valence-corrected chi connectivity index (χ0v) is 19.0. The minimum absolute atomic E-state index is 0.0683. The van der Waals surface area contributed by atoms with Crippen molar-refractivity contribution in [1.29, 1.82) is 0 Å². The Morgan fingerprint density at radius 2 is 1.66 bits per heavy atom. The number of carbonyl (C=O) groups is 2. The molecule has 0 aliphatic carbocycles. The molecule has 154 valence electrons. The molecule has 0 N–H and O–H groups in total. The highest BCUT2D eigenvalue weighted by molar-refractivity contribution is 9.10. The smallest absolute Gasteiger partial charge is 0.410 e. The molecule has 2 aromatic carbocycles. The topological polar surface area (TPSA) is 49.9 Å². The fourth-order valence-electron chi connectivity index (χ4n) is 3.25. The highest BCUT2D eigenvalue weighted by atomic mass is 79.9. The number of hydrogen-bond acceptors (Lipinski definition) is 3. The summed E-state index contributed by atoms with van der Waals surface area (Å²) >= 11 is 9.44. The summed E-state index contributed by atoms with van der Waals surface area (Å²) < 4.78 is 6.45. The number of hydrogen-bond donors (Lipinski definition) is 0. The lowest BCUT2D eigenvalue weighted by atomic mass is 10.0. The maximum absolute atomic E-state index is 13.2. The van der Waals surface area contributed by atoms with Crippen molar-refractivity contribution in [3.63, 3.8) is 0 Å². The van der Waals surface area contributed by atoms with Crippen LogP contribution < -0.4 is 0 Å². The second kappa shape index (κ2) is 8.76. The average molecular weight is 480 g/mol. The number of benzene rings is 2. The molecule has 0 radical (unpaired) electrons. The molecule has 7 heteroatoms. The summed E-state index contributed by atoms with van der Waals surface area (Å²) in [5.41, 5.74) is 0.961. The molecule has 1 aliphatic rings. The Bertz CT molecular complexity index is 878. The zero-order valence-electron chi connectivity index (χ0n) is 16.7. The van der Waals surface area contributed by atoms with Crippen LogP contribution in [0.5, 0.6) is 0 Å². The van der Waals surface area contributed by atoms with Gasteiger partial charge in [-0.2, -0.15) is 0 Å². The van der Waals surface area contributed by atoms with Crippen molar-refractivity contribution in [2.75, 3.05) is 19.6 Å². The van der Waals surface area contributed by atoms with Crippen LogP contribution in [0.25, 0.3) is 0 Å². The van der Waals surface area contributed by atoms with Crippen molar-refractivity contribution in [3.8, 4) is 0 Å². The molecule has 0 unspecified atom stereocenters. The van der Waals surface area contributed by atoms with Crippen molar-refractivity contribution < 1.29 is 14.3 Å². The molecule has 1 aliphatic heterocycles. The lowest BCUT2D eigenvalue weighted by Crippen LogP contribution is -2.53.